The Labute approximate surface area is 128 Å². The van der Waals surface area contributed by atoms with Crippen molar-refractivity contribution in [2.75, 3.05) is 11.1 Å². The van der Waals surface area contributed by atoms with Crippen LogP contribution in [0.1, 0.15) is 23.2 Å². The van der Waals surface area contributed by atoms with E-state index in [0.29, 0.717) is 5.75 Å². The minimum absolute atomic E-state index is 0.0262. The van der Waals surface area contributed by atoms with Crippen LogP contribution >= 0.6 is 11.8 Å². The fraction of sp³-hybridized carbons (Fsp3) is 0.375. The van der Waals surface area contributed by atoms with Crippen molar-refractivity contribution in [3.63, 3.8) is 0 Å². The molecule has 1 aromatic carbocycles. The zero-order valence-electron chi connectivity index (χ0n) is 12.3. The van der Waals surface area contributed by atoms with Crippen molar-refractivity contribution in [2.45, 2.75) is 31.1 Å². The fourth-order valence-electron chi connectivity index (χ4n) is 2.63. The molecule has 1 aromatic heterocycles. The van der Waals surface area contributed by atoms with Crippen LogP contribution in [-0.4, -0.2) is 21.4 Å². The predicted molar refractivity (Wildman–Crippen MR) is 85.8 cm³/mol. The maximum Gasteiger partial charge on any atom is 0.235 e. The van der Waals surface area contributed by atoms with Crippen LogP contribution in [0.2, 0.25) is 0 Å². The Morgan fingerprint density at radius 3 is 2.86 bits per heavy atom. The number of aromatic nitrogens is 2. The topological polar surface area (TPSA) is 46.9 Å². The van der Waals surface area contributed by atoms with E-state index >= 15 is 0 Å². The highest BCUT2D eigenvalue weighted by Crippen LogP contribution is 2.28. The molecule has 0 radical (unpaired) electrons. The van der Waals surface area contributed by atoms with Crippen molar-refractivity contribution >= 4 is 23.5 Å². The van der Waals surface area contributed by atoms with E-state index in [1.54, 1.807) is 16.4 Å². The first-order valence-electron chi connectivity index (χ1n) is 7.17. The van der Waals surface area contributed by atoms with Gasteiger partial charge in [0.1, 0.15) is 5.82 Å². The van der Waals surface area contributed by atoms with Crippen molar-refractivity contribution in [1.82, 2.24) is 9.78 Å². The number of fused-ring (bicyclic) bond motifs is 1. The van der Waals surface area contributed by atoms with E-state index in [4.69, 9.17) is 0 Å². The van der Waals surface area contributed by atoms with Gasteiger partial charge < -0.3 is 5.32 Å². The summed E-state index contributed by atoms with van der Waals surface area (Å²) in [6.45, 7) is 2.06. The van der Waals surface area contributed by atoms with Gasteiger partial charge in [0.2, 0.25) is 5.91 Å². The summed E-state index contributed by atoms with van der Waals surface area (Å²) in [6, 6.07) is 8.23. The molecule has 5 heteroatoms. The van der Waals surface area contributed by atoms with Gasteiger partial charge in [-0.3, -0.25) is 9.48 Å². The number of thioether (sulfide) groups is 1. The molecule has 21 heavy (non-hydrogen) atoms. The molecular weight excluding hydrogens is 282 g/mol. The third-order valence-corrected chi connectivity index (χ3v) is 4.73. The second-order valence-corrected chi connectivity index (χ2v) is 6.45. The molecular formula is C16H19N3OS. The number of nitrogens with one attached hydrogen (secondary N) is 1. The first kappa shape index (κ1) is 14.2. The molecule has 0 fully saturated rings. The summed E-state index contributed by atoms with van der Waals surface area (Å²) in [5.74, 6) is 1.32. The number of carbonyl (C=O) groups is 1. The molecule has 0 saturated carbocycles. The molecule has 0 saturated heterocycles. The van der Waals surface area contributed by atoms with Crippen LogP contribution in [0.3, 0.4) is 0 Å². The zero-order valence-corrected chi connectivity index (χ0v) is 13.2. The molecule has 0 spiro atoms. The van der Waals surface area contributed by atoms with E-state index in [9.17, 15) is 4.79 Å². The lowest BCUT2D eigenvalue weighted by Gasteiger charge is -2.07. The van der Waals surface area contributed by atoms with E-state index in [0.717, 1.165) is 35.7 Å². The van der Waals surface area contributed by atoms with Crippen molar-refractivity contribution in [1.29, 1.82) is 0 Å². The Morgan fingerprint density at radius 1 is 1.33 bits per heavy atom. The van der Waals surface area contributed by atoms with Crippen LogP contribution in [0.4, 0.5) is 5.82 Å². The molecule has 0 bridgehead atoms. The standard InChI is InChI=1S/C16H19N3OS/c1-11-6-8-12(9-7-11)21-10-15(20)17-16-13-4-3-5-14(13)18-19(16)2/h6-9H,3-5,10H2,1-2H3,(H,17,20). The number of anilines is 1. The van der Waals surface area contributed by atoms with Gasteiger partial charge in [-0.1, -0.05) is 17.7 Å². The molecule has 3 rings (SSSR count). The van der Waals surface area contributed by atoms with Gasteiger partial charge in [-0.15, -0.1) is 11.8 Å². The summed E-state index contributed by atoms with van der Waals surface area (Å²) >= 11 is 1.56. The Bertz CT molecular complexity index is 661. The van der Waals surface area contributed by atoms with Crippen LogP contribution in [-0.2, 0) is 24.7 Å². The molecule has 1 aliphatic rings. The lowest BCUT2D eigenvalue weighted by molar-refractivity contribution is -0.113. The van der Waals surface area contributed by atoms with Gasteiger partial charge in [0.15, 0.2) is 0 Å². The van der Waals surface area contributed by atoms with Gasteiger partial charge in [0.05, 0.1) is 11.4 Å². The first-order valence-corrected chi connectivity index (χ1v) is 8.16. The molecule has 0 unspecified atom stereocenters. The van der Waals surface area contributed by atoms with Gasteiger partial charge in [-0.2, -0.15) is 5.10 Å². The lowest BCUT2D eigenvalue weighted by atomic mass is 10.2. The van der Waals surface area contributed by atoms with E-state index in [1.165, 1.54) is 11.1 Å². The third kappa shape index (κ3) is 3.13. The fourth-order valence-corrected chi connectivity index (χ4v) is 3.33. The smallest absolute Gasteiger partial charge is 0.235 e. The van der Waals surface area contributed by atoms with Crippen LogP contribution in [0.15, 0.2) is 29.2 Å². The lowest BCUT2D eigenvalue weighted by Crippen LogP contribution is -2.17. The van der Waals surface area contributed by atoms with E-state index in [2.05, 4.69) is 41.6 Å². The molecule has 1 heterocycles. The Kier molecular flexibility index (Phi) is 4.01. The highest BCUT2D eigenvalue weighted by molar-refractivity contribution is 8.00. The number of benzene rings is 1. The normalized spacial score (nSPS) is 13.2. The van der Waals surface area contributed by atoms with Crippen molar-refractivity contribution in [2.24, 2.45) is 7.05 Å². The van der Waals surface area contributed by atoms with Crippen LogP contribution < -0.4 is 5.32 Å². The summed E-state index contributed by atoms with van der Waals surface area (Å²) in [5, 5.41) is 7.48. The maximum atomic E-state index is 12.1. The van der Waals surface area contributed by atoms with Gasteiger partial charge in [0, 0.05) is 17.5 Å². The predicted octanol–water partition coefficient (Wildman–Crippen LogP) is 2.95. The monoisotopic (exact) mass is 301 g/mol. The van der Waals surface area contributed by atoms with E-state index in [1.807, 2.05) is 7.05 Å². The van der Waals surface area contributed by atoms with Crippen molar-refractivity contribution in [3.05, 3.63) is 41.1 Å². The van der Waals surface area contributed by atoms with Gasteiger partial charge in [-0.05, 0) is 38.3 Å². The molecule has 110 valence electrons. The number of rotatable bonds is 4. The highest BCUT2D eigenvalue weighted by atomic mass is 32.2. The van der Waals surface area contributed by atoms with E-state index in [-0.39, 0.29) is 5.91 Å². The van der Waals surface area contributed by atoms with Crippen molar-refractivity contribution in [3.8, 4) is 0 Å². The highest BCUT2D eigenvalue weighted by Gasteiger charge is 2.21. The molecule has 1 N–H and O–H groups in total. The zero-order chi connectivity index (χ0) is 14.8. The van der Waals surface area contributed by atoms with Gasteiger partial charge >= 0.3 is 0 Å². The number of carbonyl (C=O) groups excluding carboxylic acids is 1. The van der Waals surface area contributed by atoms with E-state index < -0.39 is 0 Å². The number of hydrogen-bond acceptors (Lipinski definition) is 3. The summed E-state index contributed by atoms with van der Waals surface area (Å²) in [6.07, 6.45) is 3.18. The summed E-state index contributed by atoms with van der Waals surface area (Å²) in [4.78, 5) is 13.2. The quantitative estimate of drug-likeness (QED) is 0.883. The maximum absolute atomic E-state index is 12.1. The molecule has 4 nitrogen and oxygen atoms in total. The van der Waals surface area contributed by atoms with Crippen LogP contribution in [0.25, 0.3) is 0 Å². The molecule has 0 atom stereocenters. The minimum Gasteiger partial charge on any atom is -0.310 e. The van der Waals surface area contributed by atoms with Gasteiger partial charge in [0.25, 0.3) is 0 Å². The summed E-state index contributed by atoms with van der Waals surface area (Å²) in [7, 11) is 1.89. The number of aryl methyl sites for hydroxylation is 3. The molecule has 1 aliphatic carbocycles. The average Bonchev–Trinajstić information content (AvgIpc) is 3.01. The van der Waals surface area contributed by atoms with Gasteiger partial charge in [-0.25, -0.2) is 0 Å². The number of amides is 1. The first-order chi connectivity index (χ1) is 10.1. The number of nitrogens with zero attached hydrogens (tertiary/aromatic N) is 2. The third-order valence-electron chi connectivity index (χ3n) is 3.72. The largest absolute Gasteiger partial charge is 0.310 e. The Hall–Kier alpha value is -1.75. The second-order valence-electron chi connectivity index (χ2n) is 5.40. The Balaban J connectivity index is 1.61. The number of hydrogen-bond donors (Lipinski definition) is 1. The SMILES string of the molecule is Cc1ccc(SCC(=O)Nc2c3c(nn2C)CCC3)cc1. The average molecular weight is 301 g/mol. The molecule has 1 amide bonds. The minimum atomic E-state index is 0.0262. The second kappa shape index (κ2) is 5.93. The molecule has 0 aliphatic heterocycles. The van der Waals surface area contributed by atoms with Crippen molar-refractivity contribution < 1.29 is 4.79 Å². The summed E-state index contributed by atoms with van der Waals surface area (Å²) < 4.78 is 1.79. The van der Waals surface area contributed by atoms with Crippen LogP contribution in [0, 0.1) is 6.92 Å². The van der Waals surface area contributed by atoms with Crippen LogP contribution in [0.5, 0.6) is 0 Å². The Morgan fingerprint density at radius 2 is 2.10 bits per heavy atom. The summed E-state index contributed by atoms with van der Waals surface area (Å²) in [5.41, 5.74) is 3.58. The molecule has 2 aromatic rings.